The first-order valence-electron chi connectivity index (χ1n) is 31.9. The Hall–Kier alpha value is -8.98. The van der Waals surface area contributed by atoms with Gasteiger partial charge in [-0.2, -0.15) is 0 Å². The van der Waals surface area contributed by atoms with E-state index in [1.165, 1.54) is 128 Å². The maximum absolute atomic E-state index is 2.64. The zero-order valence-corrected chi connectivity index (χ0v) is 51.7. The molecule has 0 saturated heterocycles. The molecule has 0 N–H and O–H groups in total. The molecule has 19 rings (SSSR count). The van der Waals surface area contributed by atoms with Gasteiger partial charge >= 0.3 is 0 Å². The average molecular weight is 1120 g/mol. The van der Waals surface area contributed by atoms with Crippen molar-refractivity contribution in [3.8, 4) is 22.3 Å². The summed E-state index contributed by atoms with van der Waals surface area (Å²) in [5.41, 5.74) is 29.8. The molecule has 4 heterocycles. The molecular weight excluding hydrogens is 1050 g/mol. The fourth-order valence-electron chi connectivity index (χ4n) is 17.4. The third-order valence-corrected chi connectivity index (χ3v) is 22.1. The zero-order chi connectivity index (χ0) is 59.1. The molecule has 0 radical (unpaired) electrons. The van der Waals surface area contributed by atoms with Crippen molar-refractivity contribution in [3.63, 3.8) is 0 Å². The molecule has 9 aliphatic rings. The molecule has 0 spiro atoms. The lowest BCUT2D eigenvalue weighted by molar-refractivity contribution is 0.444. The minimum Gasteiger partial charge on any atom is -0.310 e. The van der Waals surface area contributed by atoms with Crippen LogP contribution in [-0.4, -0.2) is 0 Å². The molecule has 4 unspecified atom stereocenters. The van der Waals surface area contributed by atoms with Crippen molar-refractivity contribution in [2.45, 2.75) is 109 Å². The van der Waals surface area contributed by atoms with Crippen LogP contribution < -0.4 is 9.80 Å². The molecular formula is C85H74N2. The van der Waals surface area contributed by atoms with Crippen LogP contribution in [0, 0.1) is 11.3 Å². The van der Waals surface area contributed by atoms with E-state index in [0.717, 1.165) is 36.3 Å². The van der Waals surface area contributed by atoms with Crippen molar-refractivity contribution in [1.29, 1.82) is 0 Å². The van der Waals surface area contributed by atoms with E-state index in [2.05, 4.69) is 315 Å². The number of anilines is 6. The van der Waals surface area contributed by atoms with E-state index >= 15 is 0 Å². The van der Waals surface area contributed by atoms with Crippen molar-refractivity contribution in [3.05, 3.63) is 321 Å². The first kappa shape index (κ1) is 52.4. The third-order valence-electron chi connectivity index (χ3n) is 22.1. The predicted octanol–water partition coefficient (Wildman–Crippen LogP) is 22.2. The lowest BCUT2D eigenvalue weighted by Crippen LogP contribution is -2.41. The SMILES string of the molecule is CC(C)(C)C1=CC=C(C23c4ccc(cc4)C4(C)c5cccc(c54)N(c4ccccc4)c4ccc(c2c4)-c2ccc4c5c(ccc3c25)C2(c3ccc(C(C)(C)C)cc3)c3cc(ccc3-4)N(c3ccccc3)c3cccc(c3)C(C)(C)C3=CCC2C=C3)CC1. The van der Waals surface area contributed by atoms with Crippen LogP contribution in [0.4, 0.5) is 34.1 Å². The molecule has 4 aliphatic heterocycles. The van der Waals surface area contributed by atoms with Gasteiger partial charge in [-0.15, -0.1) is 0 Å². The van der Waals surface area contributed by atoms with E-state index in [1.54, 1.807) is 0 Å². The number of nitrogens with zero attached hydrogens (tertiary/aromatic N) is 2. The van der Waals surface area contributed by atoms with Crippen molar-refractivity contribution in [2.75, 3.05) is 9.80 Å². The molecule has 424 valence electrons. The first-order chi connectivity index (χ1) is 42.0. The Morgan fingerprint density at radius 1 is 0.425 bits per heavy atom. The summed E-state index contributed by atoms with van der Waals surface area (Å²) in [6.07, 6.45) is 15.7. The Morgan fingerprint density at radius 3 is 1.67 bits per heavy atom. The van der Waals surface area contributed by atoms with E-state index in [4.69, 9.17) is 0 Å². The van der Waals surface area contributed by atoms with Crippen LogP contribution in [0.1, 0.15) is 143 Å². The maximum atomic E-state index is 2.64. The number of benzene rings is 10. The summed E-state index contributed by atoms with van der Waals surface area (Å²) in [4.78, 5) is 5.07. The summed E-state index contributed by atoms with van der Waals surface area (Å²) in [6, 6.07) is 83.8. The minimum absolute atomic E-state index is 0.0194. The molecule has 10 bridgehead atoms. The smallest absolute Gasteiger partial charge is 0.0677 e. The van der Waals surface area contributed by atoms with Crippen LogP contribution in [0.2, 0.25) is 0 Å². The number of allylic oxidation sites excluding steroid dienone is 8. The Morgan fingerprint density at radius 2 is 1.01 bits per heavy atom. The highest BCUT2D eigenvalue weighted by Gasteiger charge is 2.55. The van der Waals surface area contributed by atoms with Gasteiger partial charge < -0.3 is 9.80 Å². The van der Waals surface area contributed by atoms with Crippen LogP contribution in [0.5, 0.6) is 0 Å². The van der Waals surface area contributed by atoms with Gasteiger partial charge in [-0.3, -0.25) is 0 Å². The Labute approximate surface area is 514 Å². The van der Waals surface area contributed by atoms with Crippen LogP contribution in [-0.2, 0) is 27.1 Å². The molecule has 0 fully saturated rings. The average Bonchev–Trinajstić information content (AvgIpc) is 1.12. The second-order valence-corrected chi connectivity index (χ2v) is 28.8. The van der Waals surface area contributed by atoms with Gasteiger partial charge in [0, 0.05) is 39.3 Å². The van der Waals surface area contributed by atoms with E-state index < -0.39 is 10.8 Å². The van der Waals surface area contributed by atoms with Crippen molar-refractivity contribution in [1.82, 2.24) is 0 Å². The van der Waals surface area contributed by atoms with Crippen LogP contribution in [0.25, 0.3) is 33.0 Å². The Kier molecular flexibility index (Phi) is 10.9. The van der Waals surface area contributed by atoms with Gasteiger partial charge in [0.05, 0.1) is 16.5 Å². The van der Waals surface area contributed by atoms with Gasteiger partial charge in [-0.1, -0.05) is 243 Å². The van der Waals surface area contributed by atoms with E-state index in [-0.39, 0.29) is 27.6 Å². The molecule has 2 heteroatoms. The summed E-state index contributed by atoms with van der Waals surface area (Å²) in [5, 5.41) is 2.75. The number of hydrogen-bond donors (Lipinski definition) is 0. The molecule has 0 saturated carbocycles. The maximum Gasteiger partial charge on any atom is 0.0677 e. The minimum atomic E-state index is -0.657. The summed E-state index contributed by atoms with van der Waals surface area (Å²) in [6.45, 7) is 21.5. The molecule has 87 heavy (non-hydrogen) atoms. The normalized spacial score (nSPS) is 22.2. The quantitative estimate of drug-likeness (QED) is 0.173. The number of fused-ring (bicyclic) bond motifs is 5. The molecule has 10 aromatic rings. The summed E-state index contributed by atoms with van der Waals surface area (Å²) in [7, 11) is 0. The fourth-order valence-corrected chi connectivity index (χ4v) is 17.4. The highest BCUT2D eigenvalue weighted by molar-refractivity contribution is 6.15. The standard InChI is InChI=1S/C85H74N2/c1-80(2,3)53-26-34-57(35-27-53)84-59-38-30-55(31-39-59)82(7,8)61-18-16-23-64(50-61)86(62-19-12-10-13-20-62)65-42-44-67(74(84)51-65)69-46-47-70-68-45-43-66-52-75(68)85(72-49-48-71(84)77(69)78(70)72,58-36-28-54(29-37-58)81(4,5)6)60-40-32-56(33-41-60)83(9)73-24-17-25-76(79(73)83)87(66)63-21-14-11-15-22-63/h10-28,30-36,38,40-52,59H,29,37,39H2,1-9H3. The molecule has 0 aromatic heterocycles. The van der Waals surface area contributed by atoms with E-state index in [1.807, 2.05) is 0 Å². The summed E-state index contributed by atoms with van der Waals surface area (Å²) >= 11 is 0. The topological polar surface area (TPSA) is 6.48 Å². The molecule has 10 aromatic carbocycles. The monoisotopic (exact) mass is 1120 g/mol. The number of para-hydroxylation sites is 2. The molecule has 5 aliphatic carbocycles. The van der Waals surface area contributed by atoms with Crippen LogP contribution in [0.15, 0.2) is 259 Å². The summed E-state index contributed by atoms with van der Waals surface area (Å²) < 4.78 is 0. The second-order valence-electron chi connectivity index (χ2n) is 28.8. The molecule has 0 amide bonds. The van der Waals surface area contributed by atoms with E-state index in [0.29, 0.717) is 0 Å². The van der Waals surface area contributed by atoms with Gasteiger partial charge in [0.2, 0.25) is 0 Å². The Balaban J connectivity index is 1.02. The number of rotatable bonds is 4. The van der Waals surface area contributed by atoms with Crippen molar-refractivity contribution < 1.29 is 0 Å². The third kappa shape index (κ3) is 7.10. The fraction of sp³-hybridized carbons (Fsp3) is 0.224. The highest BCUT2D eigenvalue weighted by Crippen LogP contribution is 2.66. The molecule has 4 atom stereocenters. The second kappa shape index (κ2) is 18.1. The van der Waals surface area contributed by atoms with Crippen molar-refractivity contribution in [2.24, 2.45) is 11.3 Å². The van der Waals surface area contributed by atoms with Crippen LogP contribution in [0.3, 0.4) is 0 Å². The molecule has 2 nitrogen and oxygen atoms in total. The first-order valence-corrected chi connectivity index (χ1v) is 31.9. The summed E-state index contributed by atoms with van der Waals surface area (Å²) in [5.74, 6) is 0.0737. The van der Waals surface area contributed by atoms with Crippen molar-refractivity contribution >= 4 is 44.9 Å². The number of hydrogen-bond acceptors (Lipinski definition) is 2. The zero-order valence-electron chi connectivity index (χ0n) is 51.7. The lowest BCUT2D eigenvalue weighted by Gasteiger charge is -2.49. The van der Waals surface area contributed by atoms with Crippen LogP contribution >= 0.6 is 0 Å². The van der Waals surface area contributed by atoms with Gasteiger partial charge in [-0.05, 0) is 209 Å². The Bertz CT molecular complexity index is 4710. The van der Waals surface area contributed by atoms with Gasteiger partial charge in [-0.25, -0.2) is 0 Å². The van der Waals surface area contributed by atoms with Gasteiger partial charge in [0.1, 0.15) is 0 Å². The predicted molar refractivity (Wildman–Crippen MR) is 364 cm³/mol. The lowest BCUT2D eigenvalue weighted by atomic mass is 9.52. The van der Waals surface area contributed by atoms with Gasteiger partial charge in [0.15, 0.2) is 0 Å². The van der Waals surface area contributed by atoms with E-state index in [9.17, 15) is 0 Å². The van der Waals surface area contributed by atoms with Gasteiger partial charge in [0.25, 0.3) is 0 Å². The highest BCUT2D eigenvalue weighted by atomic mass is 15.2. The largest absolute Gasteiger partial charge is 0.310 e.